The van der Waals surface area contributed by atoms with Crippen LogP contribution in [0.25, 0.3) is 10.9 Å². The van der Waals surface area contributed by atoms with Gasteiger partial charge in [-0.25, -0.2) is 13.2 Å². The van der Waals surface area contributed by atoms with E-state index in [0.717, 1.165) is 19.3 Å². The van der Waals surface area contributed by atoms with Gasteiger partial charge in [0.15, 0.2) is 0 Å². The molecule has 0 spiro atoms. The van der Waals surface area contributed by atoms with Gasteiger partial charge in [0.25, 0.3) is 5.56 Å². The molecule has 1 atom stereocenters. The minimum atomic E-state index is -3.92. The van der Waals surface area contributed by atoms with Crippen molar-refractivity contribution in [2.24, 2.45) is 7.05 Å². The number of rotatable bonds is 3. The Labute approximate surface area is 171 Å². The lowest BCUT2D eigenvalue weighted by Gasteiger charge is -2.29. The normalized spacial score (nSPS) is 18.8. The number of H-pyrrole nitrogens is 2. The highest BCUT2D eigenvalue weighted by atomic mass is 35.5. The molecule has 1 saturated heterocycles. The van der Waals surface area contributed by atoms with E-state index in [9.17, 15) is 18.0 Å². The molecule has 0 aliphatic carbocycles. The minimum absolute atomic E-state index is 0.00672. The van der Waals surface area contributed by atoms with E-state index in [4.69, 9.17) is 11.6 Å². The van der Waals surface area contributed by atoms with E-state index in [1.54, 1.807) is 11.7 Å². The van der Waals surface area contributed by atoms with E-state index in [-0.39, 0.29) is 15.8 Å². The molecule has 3 aromatic rings. The summed E-state index contributed by atoms with van der Waals surface area (Å²) in [6.45, 7) is 0.342. The molecule has 0 radical (unpaired) electrons. The molecule has 0 saturated carbocycles. The summed E-state index contributed by atoms with van der Waals surface area (Å²) in [5.74, 6) is 0. The molecule has 2 aromatic heterocycles. The fraction of sp³-hybridized carbons (Fsp3) is 0.389. The van der Waals surface area contributed by atoms with Gasteiger partial charge in [0.2, 0.25) is 10.0 Å². The molecule has 1 aliphatic rings. The van der Waals surface area contributed by atoms with Crippen LogP contribution in [0.5, 0.6) is 0 Å². The molecule has 29 heavy (non-hydrogen) atoms. The Balaban J connectivity index is 1.85. The molecule has 154 valence electrons. The highest BCUT2D eigenvalue weighted by molar-refractivity contribution is 7.89. The van der Waals surface area contributed by atoms with E-state index in [2.05, 4.69) is 15.1 Å². The van der Waals surface area contributed by atoms with Gasteiger partial charge in [-0.3, -0.25) is 14.5 Å². The maximum Gasteiger partial charge on any atom is 0.326 e. The highest BCUT2D eigenvalue weighted by Crippen LogP contribution is 2.37. The van der Waals surface area contributed by atoms with Crippen LogP contribution in [0.1, 0.15) is 37.4 Å². The number of aromatic amines is 2. The molecule has 0 amide bonds. The van der Waals surface area contributed by atoms with Crippen molar-refractivity contribution in [3.8, 4) is 0 Å². The summed E-state index contributed by atoms with van der Waals surface area (Å²) in [7, 11) is -2.18. The third kappa shape index (κ3) is 3.52. The van der Waals surface area contributed by atoms with Crippen molar-refractivity contribution >= 4 is 32.5 Å². The second kappa shape index (κ2) is 7.43. The lowest BCUT2D eigenvalue weighted by Crippen LogP contribution is -2.36. The topological polar surface area (TPSA) is 121 Å². The van der Waals surface area contributed by atoms with E-state index >= 15 is 0 Å². The van der Waals surface area contributed by atoms with E-state index in [1.807, 2.05) is 0 Å². The second-order valence-corrected chi connectivity index (χ2v) is 9.40. The first-order valence-corrected chi connectivity index (χ1v) is 11.1. The van der Waals surface area contributed by atoms with Crippen molar-refractivity contribution < 1.29 is 8.42 Å². The zero-order valence-electron chi connectivity index (χ0n) is 15.7. The summed E-state index contributed by atoms with van der Waals surface area (Å²) >= 11 is 6.32. The Bertz CT molecular complexity index is 1270. The van der Waals surface area contributed by atoms with Crippen LogP contribution in [0.15, 0.2) is 38.9 Å². The quantitative estimate of drug-likeness (QED) is 0.648. The molecule has 0 unspecified atom stereocenters. The molecule has 1 aliphatic heterocycles. The maximum atomic E-state index is 13.6. The first-order chi connectivity index (χ1) is 13.8. The number of nitrogens with one attached hydrogen (secondary N) is 2. The van der Waals surface area contributed by atoms with E-state index < -0.39 is 27.3 Å². The van der Waals surface area contributed by atoms with Crippen LogP contribution in [0.4, 0.5) is 0 Å². The van der Waals surface area contributed by atoms with Gasteiger partial charge in [0, 0.05) is 13.6 Å². The number of halogens is 1. The number of aryl methyl sites for hydroxylation is 1. The summed E-state index contributed by atoms with van der Waals surface area (Å²) in [4.78, 5) is 28.2. The van der Waals surface area contributed by atoms with Crippen LogP contribution in [0, 0.1) is 0 Å². The van der Waals surface area contributed by atoms with E-state index in [0.29, 0.717) is 23.7 Å². The lowest BCUT2D eigenvalue weighted by atomic mass is 10.1. The molecule has 9 nitrogen and oxygen atoms in total. The molecule has 2 N–H and O–H groups in total. The predicted octanol–water partition coefficient (Wildman–Crippen LogP) is 1.91. The number of benzene rings is 1. The number of hydrogen-bond donors (Lipinski definition) is 2. The van der Waals surface area contributed by atoms with Crippen molar-refractivity contribution in [3.63, 3.8) is 0 Å². The number of fused-ring (bicyclic) bond motifs is 1. The zero-order chi connectivity index (χ0) is 20.8. The first kappa shape index (κ1) is 19.9. The molecular formula is C18H20ClN5O4S. The van der Waals surface area contributed by atoms with Crippen molar-refractivity contribution in [3.05, 3.63) is 56.0 Å². The molecular weight excluding hydrogens is 418 g/mol. The third-order valence-corrected chi connectivity index (χ3v) is 7.47. The molecule has 3 heterocycles. The van der Waals surface area contributed by atoms with Crippen molar-refractivity contribution in [2.45, 2.75) is 36.6 Å². The summed E-state index contributed by atoms with van der Waals surface area (Å²) in [6.07, 6.45) is 4.65. The van der Waals surface area contributed by atoms with Gasteiger partial charge in [0.05, 0.1) is 38.8 Å². The van der Waals surface area contributed by atoms with Crippen molar-refractivity contribution in [2.75, 3.05) is 6.54 Å². The Morgan fingerprint density at radius 2 is 1.97 bits per heavy atom. The average molecular weight is 438 g/mol. The number of aromatic nitrogens is 4. The fourth-order valence-corrected chi connectivity index (χ4v) is 5.86. The summed E-state index contributed by atoms with van der Waals surface area (Å²) < 4.78 is 30.2. The van der Waals surface area contributed by atoms with Crippen LogP contribution in [-0.2, 0) is 17.1 Å². The Morgan fingerprint density at radius 3 is 2.69 bits per heavy atom. The molecule has 1 fully saturated rings. The Kier molecular flexibility index (Phi) is 5.09. The maximum absolute atomic E-state index is 13.6. The monoisotopic (exact) mass is 437 g/mol. The van der Waals surface area contributed by atoms with Gasteiger partial charge in [-0.1, -0.05) is 24.4 Å². The van der Waals surface area contributed by atoms with Gasteiger partial charge < -0.3 is 4.98 Å². The van der Waals surface area contributed by atoms with Crippen LogP contribution in [0.2, 0.25) is 5.02 Å². The van der Waals surface area contributed by atoms with Gasteiger partial charge in [0.1, 0.15) is 0 Å². The van der Waals surface area contributed by atoms with Gasteiger partial charge >= 0.3 is 5.69 Å². The Hall–Kier alpha value is -2.43. The molecule has 0 bridgehead atoms. The first-order valence-electron chi connectivity index (χ1n) is 9.24. The zero-order valence-corrected chi connectivity index (χ0v) is 17.3. The SMILES string of the molecule is Cn1ncc(Cl)c1[C@@H]1CCCCCN1S(=O)(=O)c1ccc2[nH]c(=O)[nH]c(=O)c2c1. The minimum Gasteiger partial charge on any atom is -0.307 e. The molecule has 11 heteroatoms. The summed E-state index contributed by atoms with van der Waals surface area (Å²) in [6, 6.07) is 3.68. The van der Waals surface area contributed by atoms with Crippen LogP contribution < -0.4 is 11.2 Å². The van der Waals surface area contributed by atoms with E-state index in [1.165, 1.54) is 28.7 Å². The average Bonchev–Trinajstić information content (AvgIpc) is 2.86. The van der Waals surface area contributed by atoms with Crippen LogP contribution >= 0.6 is 11.6 Å². The Morgan fingerprint density at radius 1 is 1.17 bits per heavy atom. The molecule has 4 rings (SSSR count). The number of hydrogen-bond acceptors (Lipinski definition) is 5. The third-order valence-electron chi connectivity index (χ3n) is 5.27. The molecule has 1 aromatic carbocycles. The highest BCUT2D eigenvalue weighted by Gasteiger charge is 2.36. The van der Waals surface area contributed by atoms with Gasteiger partial charge in [-0.2, -0.15) is 9.40 Å². The standard InChI is InChI=1S/C18H20ClN5O4S/c1-23-16(13(19)10-20-23)15-5-3-2-4-8-24(15)29(27,28)11-6-7-14-12(9-11)17(25)22-18(26)21-14/h6-7,9-10,15H,2-5,8H2,1H3,(H2,21,22,25,26)/t15-/m0/s1. The predicted molar refractivity (Wildman–Crippen MR) is 109 cm³/mol. The van der Waals surface area contributed by atoms with Crippen LogP contribution in [0.3, 0.4) is 0 Å². The summed E-state index contributed by atoms with van der Waals surface area (Å²) in [5.41, 5.74) is -0.348. The van der Waals surface area contributed by atoms with Gasteiger partial charge in [-0.05, 0) is 31.0 Å². The lowest BCUT2D eigenvalue weighted by molar-refractivity contribution is 0.315. The summed E-state index contributed by atoms with van der Waals surface area (Å²) in [5, 5.41) is 4.69. The largest absolute Gasteiger partial charge is 0.326 e. The fourth-order valence-electron chi connectivity index (χ4n) is 3.88. The van der Waals surface area contributed by atoms with Crippen molar-refractivity contribution in [1.82, 2.24) is 24.1 Å². The second-order valence-electron chi connectivity index (χ2n) is 7.10. The van der Waals surface area contributed by atoms with Crippen LogP contribution in [-0.4, -0.2) is 39.0 Å². The number of nitrogens with zero attached hydrogens (tertiary/aromatic N) is 3. The van der Waals surface area contributed by atoms with Gasteiger partial charge in [-0.15, -0.1) is 0 Å². The van der Waals surface area contributed by atoms with Crippen molar-refractivity contribution in [1.29, 1.82) is 0 Å². The smallest absolute Gasteiger partial charge is 0.307 e. The number of sulfonamides is 1.